The molecule has 102 valence electrons. The molecule has 1 atom stereocenters. The minimum Gasteiger partial charge on any atom is -0.493 e. The summed E-state index contributed by atoms with van der Waals surface area (Å²) < 4.78 is 7.20. The summed E-state index contributed by atoms with van der Waals surface area (Å²) in [4.78, 5) is 8.46. The number of nitrogens with two attached hydrogens (primary N) is 1. The van der Waals surface area contributed by atoms with E-state index in [9.17, 15) is 0 Å². The summed E-state index contributed by atoms with van der Waals surface area (Å²) in [6.07, 6.45) is 6.00. The van der Waals surface area contributed by atoms with Gasteiger partial charge in [0.2, 0.25) is 0 Å². The molecule has 0 aromatic carbocycles. The molecule has 0 fully saturated rings. The first-order chi connectivity index (χ1) is 9.31. The summed E-state index contributed by atoms with van der Waals surface area (Å²) in [7, 11) is 1.61. The Kier molecular flexibility index (Phi) is 4.43. The van der Waals surface area contributed by atoms with E-state index in [0.717, 1.165) is 18.7 Å². The van der Waals surface area contributed by atoms with Gasteiger partial charge in [-0.25, -0.2) is 15.4 Å². The first kappa shape index (κ1) is 13.4. The Bertz CT molecular complexity index is 512. The molecule has 7 nitrogen and oxygen atoms in total. The first-order valence-electron chi connectivity index (χ1n) is 6.14. The van der Waals surface area contributed by atoms with Crippen LogP contribution in [0.4, 0.5) is 0 Å². The average Bonchev–Trinajstić information content (AvgIpc) is 2.85. The van der Waals surface area contributed by atoms with Gasteiger partial charge in [0.1, 0.15) is 11.7 Å². The number of rotatable bonds is 6. The van der Waals surface area contributed by atoms with Crippen LogP contribution in [0.1, 0.15) is 30.9 Å². The number of nitrogens with zero attached hydrogens (tertiary/aromatic N) is 4. The summed E-state index contributed by atoms with van der Waals surface area (Å²) >= 11 is 0. The highest BCUT2D eigenvalue weighted by Crippen LogP contribution is 2.27. The van der Waals surface area contributed by atoms with Crippen LogP contribution in [-0.4, -0.2) is 26.9 Å². The topological polar surface area (TPSA) is 90.9 Å². The van der Waals surface area contributed by atoms with Gasteiger partial charge in [-0.1, -0.05) is 6.92 Å². The molecular weight excluding hydrogens is 244 g/mol. The largest absolute Gasteiger partial charge is 0.493 e. The maximum Gasteiger partial charge on any atom is 0.162 e. The predicted octanol–water partition coefficient (Wildman–Crippen LogP) is 0.644. The highest BCUT2D eigenvalue weighted by atomic mass is 16.5. The van der Waals surface area contributed by atoms with Gasteiger partial charge >= 0.3 is 0 Å². The number of hydrogen-bond acceptors (Lipinski definition) is 6. The standard InChI is InChI=1S/C12H18N6O/c1-3-7-18-11(9(19-2)8-16-18)10(17-13)12-14-5-4-6-15-12/h4-6,8,10,17H,3,7,13H2,1-2H3. The normalized spacial score (nSPS) is 12.4. The molecule has 7 heteroatoms. The zero-order chi connectivity index (χ0) is 13.7. The Morgan fingerprint density at radius 1 is 1.42 bits per heavy atom. The van der Waals surface area contributed by atoms with Crippen molar-refractivity contribution in [3.8, 4) is 5.75 Å². The van der Waals surface area contributed by atoms with Crippen LogP contribution < -0.4 is 16.0 Å². The van der Waals surface area contributed by atoms with Gasteiger partial charge in [-0.15, -0.1) is 0 Å². The van der Waals surface area contributed by atoms with Crippen LogP contribution in [0.25, 0.3) is 0 Å². The molecule has 0 aliphatic carbocycles. The molecule has 2 aromatic rings. The van der Waals surface area contributed by atoms with Crippen molar-refractivity contribution in [3.63, 3.8) is 0 Å². The fraction of sp³-hybridized carbons (Fsp3) is 0.417. The predicted molar refractivity (Wildman–Crippen MR) is 70.3 cm³/mol. The van der Waals surface area contributed by atoms with Crippen molar-refractivity contribution in [1.82, 2.24) is 25.2 Å². The molecule has 2 rings (SSSR count). The third-order valence-corrected chi connectivity index (χ3v) is 2.78. The maximum atomic E-state index is 5.66. The van der Waals surface area contributed by atoms with Gasteiger partial charge in [0.25, 0.3) is 0 Å². The van der Waals surface area contributed by atoms with Crippen molar-refractivity contribution in [2.45, 2.75) is 25.9 Å². The van der Waals surface area contributed by atoms with Gasteiger partial charge < -0.3 is 4.74 Å². The second-order valence-electron chi connectivity index (χ2n) is 4.03. The van der Waals surface area contributed by atoms with Gasteiger partial charge in [-0.2, -0.15) is 5.10 Å². The second kappa shape index (κ2) is 6.26. The van der Waals surface area contributed by atoms with Crippen LogP contribution >= 0.6 is 0 Å². The lowest BCUT2D eigenvalue weighted by molar-refractivity contribution is 0.396. The molecule has 0 saturated carbocycles. The van der Waals surface area contributed by atoms with E-state index in [0.29, 0.717) is 11.6 Å². The van der Waals surface area contributed by atoms with Crippen LogP contribution in [0, 0.1) is 0 Å². The first-order valence-corrected chi connectivity index (χ1v) is 6.14. The molecule has 0 aliphatic heterocycles. The van der Waals surface area contributed by atoms with Crippen LogP contribution in [0.2, 0.25) is 0 Å². The molecule has 0 radical (unpaired) electrons. The van der Waals surface area contributed by atoms with E-state index in [4.69, 9.17) is 10.6 Å². The van der Waals surface area contributed by atoms with E-state index in [1.807, 2.05) is 4.68 Å². The van der Waals surface area contributed by atoms with E-state index in [1.165, 1.54) is 0 Å². The molecule has 3 N–H and O–H groups in total. The Morgan fingerprint density at radius 3 is 2.74 bits per heavy atom. The number of nitrogens with one attached hydrogen (secondary N) is 1. The van der Waals surface area contributed by atoms with Crippen LogP contribution in [0.15, 0.2) is 24.7 Å². The van der Waals surface area contributed by atoms with E-state index in [1.54, 1.807) is 31.8 Å². The van der Waals surface area contributed by atoms with E-state index in [2.05, 4.69) is 27.4 Å². The van der Waals surface area contributed by atoms with Gasteiger partial charge in [0, 0.05) is 18.9 Å². The summed E-state index contributed by atoms with van der Waals surface area (Å²) in [5.41, 5.74) is 3.56. The number of aromatic nitrogens is 4. The monoisotopic (exact) mass is 262 g/mol. The number of ether oxygens (including phenoxy) is 1. The van der Waals surface area contributed by atoms with Gasteiger partial charge in [-0.3, -0.25) is 10.5 Å². The smallest absolute Gasteiger partial charge is 0.162 e. The second-order valence-corrected chi connectivity index (χ2v) is 4.03. The Hall–Kier alpha value is -1.99. The lowest BCUT2D eigenvalue weighted by Gasteiger charge is -2.17. The SMILES string of the molecule is CCCn1ncc(OC)c1C(NN)c1ncccn1. The molecule has 0 spiro atoms. The van der Waals surface area contributed by atoms with Gasteiger partial charge in [0.05, 0.1) is 13.3 Å². The molecule has 0 amide bonds. The van der Waals surface area contributed by atoms with E-state index < -0.39 is 0 Å². The number of methoxy groups -OCH3 is 1. The summed E-state index contributed by atoms with van der Waals surface area (Å²) in [5.74, 6) is 6.91. The van der Waals surface area contributed by atoms with Crippen molar-refractivity contribution in [2.24, 2.45) is 5.84 Å². The fourth-order valence-electron chi connectivity index (χ4n) is 1.95. The van der Waals surface area contributed by atoms with E-state index >= 15 is 0 Å². The van der Waals surface area contributed by atoms with Crippen molar-refractivity contribution < 1.29 is 4.74 Å². The maximum absolute atomic E-state index is 5.66. The lowest BCUT2D eigenvalue weighted by atomic mass is 10.2. The van der Waals surface area contributed by atoms with Gasteiger partial charge in [0.15, 0.2) is 11.6 Å². The summed E-state index contributed by atoms with van der Waals surface area (Å²) in [6.45, 7) is 2.87. The summed E-state index contributed by atoms with van der Waals surface area (Å²) in [5, 5.41) is 4.31. The zero-order valence-corrected chi connectivity index (χ0v) is 11.1. The van der Waals surface area contributed by atoms with Crippen molar-refractivity contribution in [3.05, 3.63) is 36.2 Å². The zero-order valence-electron chi connectivity index (χ0n) is 11.1. The minimum atomic E-state index is -0.356. The molecule has 19 heavy (non-hydrogen) atoms. The molecule has 2 heterocycles. The van der Waals surface area contributed by atoms with Crippen molar-refractivity contribution in [2.75, 3.05) is 7.11 Å². The molecular formula is C12H18N6O. The summed E-state index contributed by atoms with van der Waals surface area (Å²) in [6, 6.07) is 1.41. The van der Waals surface area contributed by atoms with Crippen molar-refractivity contribution in [1.29, 1.82) is 0 Å². The van der Waals surface area contributed by atoms with Crippen molar-refractivity contribution >= 4 is 0 Å². The van der Waals surface area contributed by atoms with Crippen LogP contribution in [-0.2, 0) is 6.54 Å². The molecule has 0 bridgehead atoms. The Labute approximate surface area is 111 Å². The molecule has 2 aromatic heterocycles. The van der Waals surface area contributed by atoms with E-state index in [-0.39, 0.29) is 6.04 Å². The lowest BCUT2D eigenvalue weighted by Crippen LogP contribution is -2.32. The van der Waals surface area contributed by atoms with Gasteiger partial charge in [-0.05, 0) is 12.5 Å². The number of hydrogen-bond donors (Lipinski definition) is 2. The fourth-order valence-corrected chi connectivity index (χ4v) is 1.95. The third-order valence-electron chi connectivity index (χ3n) is 2.78. The molecule has 1 unspecified atom stereocenters. The van der Waals surface area contributed by atoms with Crippen LogP contribution in [0.3, 0.4) is 0 Å². The average molecular weight is 262 g/mol. The van der Waals surface area contributed by atoms with Crippen LogP contribution in [0.5, 0.6) is 5.75 Å². The third kappa shape index (κ3) is 2.72. The minimum absolute atomic E-state index is 0.356. The highest BCUT2D eigenvalue weighted by Gasteiger charge is 2.24. The molecule has 0 aliphatic rings. The number of aryl methyl sites for hydroxylation is 1. The Balaban J connectivity index is 2.45. The molecule has 0 saturated heterocycles. The Morgan fingerprint density at radius 2 is 2.16 bits per heavy atom. The highest BCUT2D eigenvalue weighted by molar-refractivity contribution is 5.32. The number of hydrazine groups is 1. The quantitative estimate of drug-likeness (QED) is 0.586.